The van der Waals surface area contributed by atoms with Crippen molar-refractivity contribution < 1.29 is 38.3 Å². The van der Waals surface area contributed by atoms with E-state index in [2.05, 4.69) is 30.7 Å². The van der Waals surface area contributed by atoms with Gasteiger partial charge in [0, 0.05) is 24.3 Å². The summed E-state index contributed by atoms with van der Waals surface area (Å²) >= 11 is 0. The molecule has 0 radical (unpaired) electrons. The molecule has 4 N–H and O–H groups in total. The molecule has 0 saturated carbocycles. The van der Waals surface area contributed by atoms with Crippen LogP contribution < -0.4 is 10.6 Å². The Balaban J connectivity index is 2.41. The zero-order valence-electron chi connectivity index (χ0n) is 21.7. The molecule has 12 heteroatoms. The smallest absolute Gasteiger partial charge is 0.336 e. The van der Waals surface area contributed by atoms with Crippen LogP contribution in [0.3, 0.4) is 0 Å². The van der Waals surface area contributed by atoms with Gasteiger partial charge in [0.15, 0.2) is 22.4 Å². The van der Waals surface area contributed by atoms with Crippen LogP contribution >= 0.6 is 0 Å². The summed E-state index contributed by atoms with van der Waals surface area (Å²) in [4.78, 5) is 61.6. The maximum absolute atomic E-state index is 13.2. The fourth-order valence-corrected chi connectivity index (χ4v) is 11.1. The predicted octanol–water partition coefficient (Wildman–Crippen LogP) is 3.39. The zero-order valence-corrected chi connectivity index (χ0v) is 23.7. The van der Waals surface area contributed by atoms with Crippen molar-refractivity contribution in [2.45, 2.75) is 39.2 Å². The van der Waals surface area contributed by atoms with Gasteiger partial charge < -0.3 is 25.0 Å². The number of rotatable bonds is 11. The highest BCUT2D eigenvalue weighted by Crippen LogP contribution is 2.21. The van der Waals surface area contributed by atoms with E-state index in [0.717, 1.165) is 18.2 Å². The van der Waals surface area contributed by atoms with Gasteiger partial charge in [0.2, 0.25) is 0 Å². The van der Waals surface area contributed by atoms with Gasteiger partial charge in [0.05, 0.1) is 22.3 Å². The van der Waals surface area contributed by atoms with Crippen molar-refractivity contribution in [1.82, 2.24) is 10.6 Å². The van der Waals surface area contributed by atoms with E-state index in [9.17, 15) is 34.2 Å². The monoisotopic (exact) mass is 544 g/mol. The molecule has 2 aromatic carbocycles. The molecule has 0 aliphatic rings. The third kappa shape index (κ3) is 7.44. The van der Waals surface area contributed by atoms with E-state index in [4.69, 9.17) is 4.12 Å². The molecule has 2 amide bonds. The van der Waals surface area contributed by atoms with Crippen LogP contribution in [0.5, 0.6) is 0 Å². The molecule has 10 nitrogen and oxygen atoms in total. The van der Waals surface area contributed by atoms with Crippen molar-refractivity contribution >= 4 is 46.2 Å². The van der Waals surface area contributed by atoms with Crippen LogP contribution in [0, 0.1) is 0 Å². The molecule has 0 saturated heterocycles. The summed E-state index contributed by atoms with van der Waals surface area (Å²) in [5.41, 5.74) is -0.999. The molecule has 0 unspecified atom stereocenters. The molecule has 2 rings (SSSR count). The van der Waals surface area contributed by atoms with E-state index in [0.29, 0.717) is 0 Å². The van der Waals surface area contributed by atoms with E-state index in [-0.39, 0.29) is 39.5 Å². The molecular weight excluding hydrogens is 512 g/mol. The summed E-state index contributed by atoms with van der Waals surface area (Å²) in [5, 5.41) is 24.2. The third-order valence-corrected chi connectivity index (χ3v) is 13.0. The number of carbonyl (C=O) groups excluding carboxylic acids is 3. The summed E-state index contributed by atoms with van der Waals surface area (Å²) in [5.74, 6) is -4.64. The first kappa shape index (κ1) is 29.6. The number of hydrogen-bond acceptors (Lipinski definition) is 6. The highest BCUT2D eigenvalue weighted by molar-refractivity contribution is 6.85. The van der Waals surface area contributed by atoms with Gasteiger partial charge in [-0.1, -0.05) is 19.1 Å². The fraction of sp³-hybridized carbons (Fsp3) is 0.320. The van der Waals surface area contributed by atoms with E-state index in [1.807, 2.05) is 13.1 Å². The van der Waals surface area contributed by atoms with Gasteiger partial charge in [0.1, 0.15) is 0 Å². The molecule has 0 heterocycles. The van der Waals surface area contributed by atoms with Gasteiger partial charge in [-0.25, -0.2) is 9.59 Å². The van der Waals surface area contributed by atoms with Crippen LogP contribution in [0.25, 0.3) is 0 Å². The summed E-state index contributed by atoms with van der Waals surface area (Å²) in [7, 11) is -2.82. The number of benzene rings is 2. The number of carboxylic acid groups (broad SMARTS) is 2. The van der Waals surface area contributed by atoms with Crippen molar-refractivity contribution in [2.24, 2.45) is 0 Å². The molecule has 37 heavy (non-hydrogen) atoms. The topological polar surface area (TPSA) is 159 Å². The van der Waals surface area contributed by atoms with Crippen molar-refractivity contribution in [2.75, 3.05) is 13.2 Å². The minimum Gasteiger partial charge on any atom is -0.478 e. The Bertz CT molecular complexity index is 1260. The fourth-order valence-electron chi connectivity index (χ4n) is 3.67. The number of carbonyl (C=O) groups is 5. The second-order valence-corrected chi connectivity index (χ2v) is 18.6. The lowest BCUT2D eigenvalue weighted by molar-refractivity contribution is 0.0682. The first-order valence-corrected chi connectivity index (χ1v) is 17.9. The Morgan fingerprint density at radius 3 is 1.76 bits per heavy atom. The van der Waals surface area contributed by atoms with Crippen LogP contribution in [0.1, 0.15) is 64.3 Å². The van der Waals surface area contributed by atoms with Gasteiger partial charge >= 0.3 is 11.9 Å². The van der Waals surface area contributed by atoms with E-state index in [1.54, 1.807) is 0 Å². The van der Waals surface area contributed by atoms with E-state index < -0.39 is 46.2 Å². The van der Waals surface area contributed by atoms with Gasteiger partial charge in [-0.2, -0.15) is 0 Å². The molecular formula is C25H32N2O8Si2. The molecule has 0 aromatic heterocycles. The number of nitrogens with one attached hydrogen (secondary N) is 2. The Kier molecular flexibility index (Phi) is 9.30. The van der Waals surface area contributed by atoms with Gasteiger partial charge in [0.25, 0.3) is 11.8 Å². The summed E-state index contributed by atoms with van der Waals surface area (Å²) in [6.45, 7) is 10.2. The maximum Gasteiger partial charge on any atom is 0.336 e. The number of carboxylic acids is 2. The maximum atomic E-state index is 13.2. The normalized spacial score (nSPS) is 11.5. The quantitative estimate of drug-likeness (QED) is 0.247. The van der Waals surface area contributed by atoms with E-state index in [1.165, 1.54) is 31.3 Å². The van der Waals surface area contributed by atoms with Gasteiger partial charge in [-0.05, 0) is 56.5 Å². The average molecular weight is 545 g/mol. The lowest BCUT2D eigenvalue weighted by Gasteiger charge is -2.33. The number of aromatic carboxylic acids is 2. The number of ketones is 1. The van der Waals surface area contributed by atoms with Gasteiger partial charge in [-0.3, -0.25) is 14.4 Å². The number of amides is 2. The SMILES string of the molecule is CC[Si](C)(C)O[Si](C)(C)CNC(=O)c1cc(C(=O)c2ccc(C(=O)NC)c(C(=O)O)c2)ccc1C(=O)O. The molecule has 0 atom stereocenters. The van der Waals surface area contributed by atoms with Crippen LogP contribution in [-0.4, -0.2) is 69.6 Å². The van der Waals surface area contributed by atoms with Gasteiger partial charge in [-0.15, -0.1) is 0 Å². The molecule has 0 fully saturated rings. The lowest BCUT2D eigenvalue weighted by atomic mass is 9.95. The zero-order chi connectivity index (χ0) is 28.1. The largest absolute Gasteiger partial charge is 0.478 e. The van der Waals surface area contributed by atoms with Crippen molar-refractivity contribution in [3.05, 3.63) is 69.8 Å². The molecule has 0 spiro atoms. The van der Waals surface area contributed by atoms with Crippen molar-refractivity contribution in [3.63, 3.8) is 0 Å². The Morgan fingerprint density at radius 2 is 1.27 bits per heavy atom. The van der Waals surface area contributed by atoms with Crippen molar-refractivity contribution in [3.8, 4) is 0 Å². The van der Waals surface area contributed by atoms with Crippen LogP contribution in [0.2, 0.25) is 32.2 Å². The van der Waals surface area contributed by atoms with Crippen LogP contribution in [0.15, 0.2) is 36.4 Å². The Labute approximate surface area is 217 Å². The summed E-state index contributed by atoms with van der Waals surface area (Å²) < 4.78 is 6.34. The second-order valence-electron chi connectivity index (χ2n) is 9.70. The highest BCUT2D eigenvalue weighted by Gasteiger charge is 2.32. The predicted molar refractivity (Wildman–Crippen MR) is 142 cm³/mol. The molecule has 0 aliphatic heterocycles. The molecule has 2 aromatic rings. The average Bonchev–Trinajstić information content (AvgIpc) is 2.84. The third-order valence-electron chi connectivity index (χ3n) is 5.82. The molecule has 0 bridgehead atoms. The first-order chi connectivity index (χ1) is 17.1. The second kappa shape index (κ2) is 11.6. The first-order valence-electron chi connectivity index (χ1n) is 11.6. The minimum atomic E-state index is -2.30. The van der Waals surface area contributed by atoms with E-state index >= 15 is 0 Å². The number of hydrogen-bond donors (Lipinski definition) is 4. The standard InChI is InChI=1S/C25H32N2O8Si2/c1-7-36(3,4)35-37(5,6)14-27-23(30)19-12-15(9-11-18(19)24(31)32)21(28)16-8-10-17(22(29)26-2)20(13-16)25(33)34/h8-13H,7,14H2,1-6H3,(H,26,29)(H,27,30)(H,31,32)(H,33,34). The van der Waals surface area contributed by atoms with Crippen molar-refractivity contribution in [1.29, 1.82) is 0 Å². The highest BCUT2D eigenvalue weighted by atomic mass is 28.4. The Morgan fingerprint density at radius 1 is 0.757 bits per heavy atom. The molecule has 198 valence electrons. The Hall–Kier alpha value is -3.62. The minimum absolute atomic E-state index is 0.00791. The lowest BCUT2D eigenvalue weighted by Crippen LogP contribution is -2.51. The molecule has 0 aliphatic carbocycles. The summed E-state index contributed by atoms with van der Waals surface area (Å²) in [6.07, 6.45) is 0.252. The summed E-state index contributed by atoms with van der Waals surface area (Å²) in [6, 6.07) is 8.11. The van der Waals surface area contributed by atoms with Crippen LogP contribution in [-0.2, 0) is 4.12 Å². The van der Waals surface area contributed by atoms with Crippen LogP contribution in [0.4, 0.5) is 0 Å².